The van der Waals surface area contributed by atoms with E-state index in [1.165, 1.54) is 19.1 Å². The zero-order valence-electron chi connectivity index (χ0n) is 12.6. The maximum absolute atomic E-state index is 11.8. The molecule has 1 aromatic carbocycles. The molecule has 0 unspecified atom stereocenters. The van der Waals surface area contributed by atoms with E-state index in [1.54, 1.807) is 36.0 Å². The second-order valence-corrected chi connectivity index (χ2v) is 8.40. The Hall–Kier alpha value is -1.01. The average molecular weight is 329 g/mol. The number of hydrogen-bond donors (Lipinski definition) is 1. The summed E-state index contributed by atoms with van der Waals surface area (Å²) in [5, 5.41) is 2.81. The fourth-order valence-electron chi connectivity index (χ4n) is 1.78. The summed E-state index contributed by atoms with van der Waals surface area (Å²) in [5.74, 6) is 1.86. The summed E-state index contributed by atoms with van der Waals surface area (Å²) in [5.41, 5.74) is 1.34. The fourth-order valence-corrected chi connectivity index (χ4v) is 3.59. The number of rotatable bonds is 9. The lowest BCUT2D eigenvalue weighted by Crippen LogP contribution is -2.12. The molecule has 0 heterocycles. The maximum atomic E-state index is 11.8. The molecule has 0 spiro atoms. The van der Waals surface area contributed by atoms with Crippen LogP contribution in [0.1, 0.15) is 31.7 Å². The minimum absolute atomic E-state index is 0.0103. The van der Waals surface area contributed by atoms with Gasteiger partial charge in [0, 0.05) is 24.1 Å². The lowest BCUT2D eigenvalue weighted by Gasteiger charge is -2.07. The quantitative estimate of drug-likeness (QED) is 0.707. The molecule has 4 nitrogen and oxygen atoms in total. The molecule has 1 amide bonds. The molecule has 0 radical (unpaired) electrons. The highest BCUT2D eigenvalue weighted by Gasteiger charge is 2.07. The first-order valence-corrected chi connectivity index (χ1v) is 10.3. The van der Waals surface area contributed by atoms with Crippen LogP contribution in [0.4, 0.5) is 5.69 Å². The summed E-state index contributed by atoms with van der Waals surface area (Å²) in [6.45, 7) is 2.15. The van der Waals surface area contributed by atoms with Gasteiger partial charge in [-0.3, -0.25) is 4.79 Å². The molecule has 0 aliphatic heterocycles. The van der Waals surface area contributed by atoms with Crippen LogP contribution in [0, 0.1) is 0 Å². The predicted octanol–water partition coefficient (Wildman–Crippen LogP) is 3.09. The van der Waals surface area contributed by atoms with E-state index in [9.17, 15) is 13.2 Å². The van der Waals surface area contributed by atoms with Crippen LogP contribution in [0.3, 0.4) is 0 Å². The van der Waals surface area contributed by atoms with Crippen molar-refractivity contribution in [3.05, 3.63) is 29.8 Å². The lowest BCUT2D eigenvalue weighted by molar-refractivity contribution is -0.115. The SMILES string of the molecule is CCCCSCCC(=O)Nc1cccc(CS(C)(=O)=O)c1. The lowest BCUT2D eigenvalue weighted by atomic mass is 10.2. The third-order valence-corrected chi connectivity index (χ3v) is 4.68. The van der Waals surface area contributed by atoms with Gasteiger partial charge in [-0.15, -0.1) is 0 Å². The molecule has 118 valence electrons. The van der Waals surface area contributed by atoms with Crippen LogP contribution in [0.2, 0.25) is 0 Å². The van der Waals surface area contributed by atoms with Crippen LogP contribution >= 0.6 is 11.8 Å². The monoisotopic (exact) mass is 329 g/mol. The number of nitrogens with one attached hydrogen (secondary N) is 1. The number of anilines is 1. The number of sulfone groups is 1. The molecule has 0 saturated carbocycles. The number of amides is 1. The van der Waals surface area contributed by atoms with Crippen LogP contribution in [-0.2, 0) is 20.4 Å². The molecule has 0 aliphatic rings. The molecule has 0 aliphatic carbocycles. The molecule has 1 aromatic rings. The van der Waals surface area contributed by atoms with E-state index in [-0.39, 0.29) is 11.7 Å². The number of hydrogen-bond acceptors (Lipinski definition) is 4. The Kier molecular flexibility index (Phi) is 7.82. The Labute approximate surface area is 131 Å². The zero-order valence-corrected chi connectivity index (χ0v) is 14.2. The van der Waals surface area contributed by atoms with E-state index in [1.807, 2.05) is 0 Å². The van der Waals surface area contributed by atoms with Crippen molar-refractivity contribution < 1.29 is 13.2 Å². The van der Waals surface area contributed by atoms with E-state index in [2.05, 4.69) is 12.2 Å². The number of benzene rings is 1. The van der Waals surface area contributed by atoms with Crippen molar-refractivity contribution in [1.29, 1.82) is 0 Å². The van der Waals surface area contributed by atoms with Crippen molar-refractivity contribution in [2.24, 2.45) is 0 Å². The molecule has 0 bridgehead atoms. The molecule has 6 heteroatoms. The second-order valence-electron chi connectivity index (χ2n) is 5.03. The van der Waals surface area contributed by atoms with Crippen LogP contribution in [0.15, 0.2) is 24.3 Å². The standard InChI is InChI=1S/C15H23NO3S2/c1-3-4-9-20-10-8-15(17)16-14-7-5-6-13(11-14)12-21(2,18)19/h5-7,11H,3-4,8-10,12H2,1-2H3,(H,16,17). The van der Waals surface area contributed by atoms with Crippen LogP contribution in [-0.4, -0.2) is 32.1 Å². The molecule has 21 heavy (non-hydrogen) atoms. The molecule has 0 fully saturated rings. The summed E-state index contributed by atoms with van der Waals surface area (Å²) >= 11 is 1.79. The molecule has 0 atom stereocenters. The van der Waals surface area contributed by atoms with E-state index in [0.717, 1.165) is 11.5 Å². The van der Waals surface area contributed by atoms with Gasteiger partial charge < -0.3 is 5.32 Å². The van der Waals surface area contributed by atoms with E-state index >= 15 is 0 Å². The van der Waals surface area contributed by atoms with E-state index in [0.29, 0.717) is 17.7 Å². The van der Waals surface area contributed by atoms with Crippen molar-refractivity contribution in [3.63, 3.8) is 0 Å². The average Bonchev–Trinajstić information content (AvgIpc) is 2.37. The Bertz CT molecular complexity index is 556. The second kappa shape index (κ2) is 9.10. The van der Waals surface area contributed by atoms with Gasteiger partial charge in [-0.2, -0.15) is 11.8 Å². The van der Waals surface area contributed by atoms with Gasteiger partial charge in [-0.25, -0.2) is 8.42 Å². The first kappa shape index (κ1) is 18.0. The Morgan fingerprint density at radius 3 is 2.71 bits per heavy atom. The van der Waals surface area contributed by atoms with Crippen LogP contribution in [0.25, 0.3) is 0 Å². The first-order valence-electron chi connectivity index (χ1n) is 7.05. The maximum Gasteiger partial charge on any atom is 0.225 e. The van der Waals surface area contributed by atoms with Crippen molar-refractivity contribution in [2.45, 2.75) is 31.9 Å². The summed E-state index contributed by atoms with van der Waals surface area (Å²) in [4.78, 5) is 11.8. The van der Waals surface area contributed by atoms with Gasteiger partial charge in [0.15, 0.2) is 9.84 Å². The van der Waals surface area contributed by atoms with Crippen molar-refractivity contribution in [3.8, 4) is 0 Å². The Balaban J connectivity index is 2.43. The molecule has 1 rings (SSSR count). The minimum Gasteiger partial charge on any atom is -0.326 e. The van der Waals surface area contributed by atoms with Gasteiger partial charge in [0.2, 0.25) is 5.91 Å². The van der Waals surface area contributed by atoms with Crippen LogP contribution in [0.5, 0.6) is 0 Å². The number of carbonyl (C=O) groups excluding carboxylic acids is 1. The summed E-state index contributed by atoms with van der Waals surface area (Å²) in [7, 11) is -3.06. The Morgan fingerprint density at radius 2 is 2.05 bits per heavy atom. The number of carbonyl (C=O) groups is 1. The minimum atomic E-state index is -3.06. The predicted molar refractivity (Wildman–Crippen MR) is 90.5 cm³/mol. The largest absolute Gasteiger partial charge is 0.326 e. The summed E-state index contributed by atoms with van der Waals surface area (Å²) in [6.07, 6.45) is 4.03. The Morgan fingerprint density at radius 1 is 1.29 bits per heavy atom. The van der Waals surface area contributed by atoms with Gasteiger partial charge in [-0.1, -0.05) is 25.5 Å². The van der Waals surface area contributed by atoms with E-state index < -0.39 is 9.84 Å². The number of unbranched alkanes of at least 4 members (excludes halogenated alkanes) is 1. The smallest absolute Gasteiger partial charge is 0.225 e. The summed E-state index contributed by atoms with van der Waals surface area (Å²) in [6, 6.07) is 6.99. The fraction of sp³-hybridized carbons (Fsp3) is 0.533. The van der Waals surface area contributed by atoms with Crippen molar-refractivity contribution >= 4 is 33.2 Å². The molecule has 1 N–H and O–H groups in total. The molecule has 0 aromatic heterocycles. The first-order chi connectivity index (χ1) is 9.90. The summed E-state index contributed by atoms with van der Waals surface area (Å²) < 4.78 is 22.5. The van der Waals surface area contributed by atoms with Crippen molar-refractivity contribution in [1.82, 2.24) is 0 Å². The van der Waals surface area contributed by atoms with Crippen LogP contribution < -0.4 is 5.32 Å². The van der Waals surface area contributed by atoms with E-state index in [4.69, 9.17) is 0 Å². The van der Waals surface area contributed by atoms with Gasteiger partial charge in [0.05, 0.1) is 5.75 Å². The topological polar surface area (TPSA) is 63.2 Å². The third-order valence-electron chi connectivity index (χ3n) is 2.76. The number of thioether (sulfide) groups is 1. The third kappa shape index (κ3) is 8.78. The molecule has 0 saturated heterocycles. The molecular weight excluding hydrogens is 306 g/mol. The van der Waals surface area contributed by atoms with Crippen molar-refractivity contribution in [2.75, 3.05) is 23.1 Å². The van der Waals surface area contributed by atoms with Gasteiger partial charge >= 0.3 is 0 Å². The zero-order chi connectivity index (χ0) is 15.7. The normalized spacial score (nSPS) is 11.3. The van der Waals surface area contributed by atoms with Gasteiger partial charge in [0.25, 0.3) is 0 Å². The highest BCUT2D eigenvalue weighted by molar-refractivity contribution is 7.99. The van der Waals surface area contributed by atoms with Gasteiger partial charge in [-0.05, 0) is 29.9 Å². The molecular formula is C15H23NO3S2. The highest BCUT2D eigenvalue weighted by Crippen LogP contribution is 2.14. The van der Waals surface area contributed by atoms with Gasteiger partial charge in [0.1, 0.15) is 0 Å². The highest BCUT2D eigenvalue weighted by atomic mass is 32.2.